The van der Waals surface area contributed by atoms with Crippen LogP contribution >= 0.6 is 0 Å². The minimum Gasteiger partial charge on any atom is -0.357 e. The van der Waals surface area contributed by atoms with E-state index in [0.717, 1.165) is 0 Å². The van der Waals surface area contributed by atoms with Gasteiger partial charge >= 0.3 is 0 Å². The Morgan fingerprint density at radius 2 is 1.84 bits per heavy atom. The van der Waals surface area contributed by atoms with Crippen LogP contribution in [0.5, 0.6) is 0 Å². The zero-order valence-corrected chi connectivity index (χ0v) is 11.8. The standard InChI is InChI=1S/C12H23N3O4/c1-8(2)5-10(6-15(19)7-16)12(18)14-9(3)11(17)13-4/h7-10,19H,5-6H2,1-4H3,(H,13,17)(H,14,18)/t9-,10?/m0/s1. The highest BCUT2D eigenvalue weighted by Gasteiger charge is 2.24. The number of hydrogen-bond acceptors (Lipinski definition) is 4. The zero-order valence-electron chi connectivity index (χ0n) is 11.8. The summed E-state index contributed by atoms with van der Waals surface area (Å²) in [7, 11) is 1.48. The van der Waals surface area contributed by atoms with Crippen molar-refractivity contribution in [2.45, 2.75) is 33.2 Å². The molecule has 0 spiro atoms. The molecular weight excluding hydrogens is 250 g/mol. The van der Waals surface area contributed by atoms with Gasteiger partial charge < -0.3 is 10.6 Å². The third kappa shape index (κ3) is 6.76. The minimum atomic E-state index is -0.657. The Morgan fingerprint density at radius 3 is 2.26 bits per heavy atom. The summed E-state index contributed by atoms with van der Waals surface area (Å²) >= 11 is 0. The van der Waals surface area contributed by atoms with Gasteiger partial charge in [0.25, 0.3) is 0 Å². The molecule has 0 fully saturated rings. The summed E-state index contributed by atoms with van der Waals surface area (Å²) in [5.41, 5.74) is 0. The summed E-state index contributed by atoms with van der Waals surface area (Å²) in [4.78, 5) is 33.8. The number of amides is 3. The molecule has 0 aliphatic heterocycles. The molecule has 0 heterocycles. The van der Waals surface area contributed by atoms with E-state index in [1.165, 1.54) is 7.05 Å². The second-order valence-corrected chi connectivity index (χ2v) is 4.90. The Balaban J connectivity index is 4.61. The lowest BCUT2D eigenvalue weighted by Crippen LogP contribution is -2.47. The number of hydrogen-bond donors (Lipinski definition) is 3. The highest BCUT2D eigenvalue weighted by Crippen LogP contribution is 2.13. The number of nitrogens with zero attached hydrogens (tertiary/aromatic N) is 1. The summed E-state index contributed by atoms with van der Waals surface area (Å²) in [5.74, 6) is -0.980. The maximum absolute atomic E-state index is 12.0. The molecule has 0 aromatic carbocycles. The molecule has 2 atom stereocenters. The number of nitrogens with one attached hydrogen (secondary N) is 2. The van der Waals surface area contributed by atoms with E-state index in [1.54, 1.807) is 6.92 Å². The maximum atomic E-state index is 12.0. The number of carbonyl (C=O) groups excluding carboxylic acids is 3. The molecule has 0 aliphatic carbocycles. The lowest BCUT2D eigenvalue weighted by Gasteiger charge is -2.22. The van der Waals surface area contributed by atoms with E-state index < -0.39 is 12.0 Å². The molecule has 0 radical (unpaired) electrons. The molecule has 3 amide bonds. The van der Waals surface area contributed by atoms with Gasteiger partial charge in [0.1, 0.15) is 6.04 Å². The van der Waals surface area contributed by atoms with Crippen molar-refractivity contribution in [2.75, 3.05) is 13.6 Å². The molecule has 3 N–H and O–H groups in total. The largest absolute Gasteiger partial charge is 0.357 e. The molecular formula is C12H23N3O4. The summed E-state index contributed by atoms with van der Waals surface area (Å²) in [6.45, 7) is 5.35. The van der Waals surface area contributed by atoms with Gasteiger partial charge in [-0.2, -0.15) is 0 Å². The first-order valence-corrected chi connectivity index (χ1v) is 6.24. The quantitative estimate of drug-likeness (QED) is 0.322. The molecule has 19 heavy (non-hydrogen) atoms. The molecule has 0 saturated carbocycles. The van der Waals surface area contributed by atoms with Crippen LogP contribution in [0.4, 0.5) is 0 Å². The topological polar surface area (TPSA) is 98.7 Å². The Bertz CT molecular complexity index is 320. The van der Waals surface area contributed by atoms with Gasteiger partial charge in [0.15, 0.2) is 0 Å². The van der Waals surface area contributed by atoms with Gasteiger partial charge in [0, 0.05) is 7.05 Å². The van der Waals surface area contributed by atoms with Crippen molar-refractivity contribution in [1.29, 1.82) is 0 Å². The van der Waals surface area contributed by atoms with Crippen molar-refractivity contribution in [1.82, 2.24) is 15.7 Å². The van der Waals surface area contributed by atoms with Crippen molar-refractivity contribution in [3.8, 4) is 0 Å². The molecule has 1 unspecified atom stereocenters. The van der Waals surface area contributed by atoms with Crippen LogP contribution in [0.3, 0.4) is 0 Å². The predicted octanol–water partition coefficient (Wildman–Crippen LogP) is -0.253. The Labute approximate surface area is 113 Å². The minimum absolute atomic E-state index is 0.0893. The molecule has 7 heteroatoms. The molecule has 0 aromatic rings. The molecule has 110 valence electrons. The van der Waals surface area contributed by atoms with Gasteiger partial charge in [0.05, 0.1) is 12.5 Å². The Kier molecular flexibility index (Phi) is 7.74. The normalized spacial score (nSPS) is 13.6. The molecule has 7 nitrogen and oxygen atoms in total. The lowest BCUT2D eigenvalue weighted by molar-refractivity contribution is -0.155. The van der Waals surface area contributed by atoms with Crippen LogP contribution in [-0.2, 0) is 14.4 Å². The average Bonchev–Trinajstić information content (AvgIpc) is 2.35. The summed E-state index contributed by atoms with van der Waals surface area (Å²) in [6.07, 6.45) is 0.764. The number of hydroxylamine groups is 2. The summed E-state index contributed by atoms with van der Waals surface area (Å²) < 4.78 is 0. The first-order chi connectivity index (χ1) is 8.81. The van der Waals surface area contributed by atoms with Crippen LogP contribution in [0, 0.1) is 11.8 Å². The number of rotatable bonds is 8. The molecule has 0 saturated heterocycles. The van der Waals surface area contributed by atoms with Gasteiger partial charge in [-0.15, -0.1) is 0 Å². The smallest absolute Gasteiger partial charge is 0.242 e. The summed E-state index contributed by atoms with van der Waals surface area (Å²) in [5, 5.41) is 14.6. The van der Waals surface area contributed by atoms with Crippen LogP contribution in [0.1, 0.15) is 27.2 Å². The van der Waals surface area contributed by atoms with Crippen molar-refractivity contribution in [2.24, 2.45) is 11.8 Å². The first-order valence-electron chi connectivity index (χ1n) is 6.24. The fourth-order valence-electron chi connectivity index (χ4n) is 1.72. The second-order valence-electron chi connectivity index (χ2n) is 4.90. The average molecular weight is 273 g/mol. The van der Waals surface area contributed by atoms with Gasteiger partial charge in [0.2, 0.25) is 18.2 Å². The first kappa shape index (κ1) is 17.4. The number of carbonyl (C=O) groups is 3. The van der Waals surface area contributed by atoms with Crippen LogP contribution in [-0.4, -0.2) is 48.1 Å². The molecule has 0 rings (SSSR count). The monoisotopic (exact) mass is 273 g/mol. The predicted molar refractivity (Wildman–Crippen MR) is 69.2 cm³/mol. The Morgan fingerprint density at radius 1 is 1.26 bits per heavy atom. The van der Waals surface area contributed by atoms with Crippen LogP contribution in [0.25, 0.3) is 0 Å². The van der Waals surface area contributed by atoms with E-state index >= 15 is 0 Å². The highest BCUT2D eigenvalue weighted by atomic mass is 16.5. The summed E-state index contributed by atoms with van der Waals surface area (Å²) in [6, 6.07) is -0.657. The van der Waals surface area contributed by atoms with E-state index in [2.05, 4.69) is 10.6 Å². The van der Waals surface area contributed by atoms with Crippen molar-refractivity contribution >= 4 is 18.2 Å². The zero-order chi connectivity index (χ0) is 15.0. The number of likely N-dealkylation sites (N-methyl/N-ethyl adjacent to an activating group) is 1. The van der Waals surface area contributed by atoms with Crippen molar-refractivity contribution in [3.63, 3.8) is 0 Å². The van der Waals surface area contributed by atoms with Gasteiger partial charge in [-0.1, -0.05) is 13.8 Å². The van der Waals surface area contributed by atoms with Gasteiger partial charge in [-0.25, -0.2) is 5.06 Å². The van der Waals surface area contributed by atoms with E-state index in [1.807, 2.05) is 13.8 Å². The third-order valence-corrected chi connectivity index (χ3v) is 2.65. The van der Waals surface area contributed by atoms with E-state index in [-0.39, 0.29) is 30.7 Å². The van der Waals surface area contributed by atoms with Crippen LogP contribution in [0.2, 0.25) is 0 Å². The van der Waals surface area contributed by atoms with E-state index in [4.69, 9.17) is 0 Å². The highest BCUT2D eigenvalue weighted by molar-refractivity contribution is 5.88. The van der Waals surface area contributed by atoms with Gasteiger partial charge in [-0.05, 0) is 19.3 Å². The SMILES string of the molecule is CNC(=O)[C@H](C)NC(=O)C(CC(C)C)CN(O)C=O. The van der Waals surface area contributed by atoms with Crippen LogP contribution < -0.4 is 10.6 Å². The van der Waals surface area contributed by atoms with Gasteiger partial charge in [-0.3, -0.25) is 19.6 Å². The van der Waals surface area contributed by atoms with E-state index in [9.17, 15) is 19.6 Å². The third-order valence-electron chi connectivity index (χ3n) is 2.65. The fourth-order valence-corrected chi connectivity index (χ4v) is 1.72. The Hall–Kier alpha value is -1.63. The molecule has 0 aliphatic rings. The second kappa shape index (κ2) is 8.47. The molecule has 0 aromatic heterocycles. The van der Waals surface area contributed by atoms with E-state index in [0.29, 0.717) is 11.5 Å². The maximum Gasteiger partial charge on any atom is 0.242 e. The fraction of sp³-hybridized carbons (Fsp3) is 0.750. The molecule has 0 bridgehead atoms. The van der Waals surface area contributed by atoms with Crippen molar-refractivity contribution < 1.29 is 19.6 Å². The van der Waals surface area contributed by atoms with Crippen molar-refractivity contribution in [3.05, 3.63) is 0 Å². The lowest BCUT2D eigenvalue weighted by atomic mass is 9.96. The van der Waals surface area contributed by atoms with Crippen LogP contribution in [0.15, 0.2) is 0 Å².